The lowest BCUT2D eigenvalue weighted by Crippen LogP contribution is -2.47. The van der Waals surface area contributed by atoms with Crippen LogP contribution in [-0.4, -0.2) is 49.6 Å². The van der Waals surface area contributed by atoms with E-state index in [1.165, 1.54) is 12.1 Å². The van der Waals surface area contributed by atoms with Crippen molar-refractivity contribution in [3.63, 3.8) is 0 Å². The summed E-state index contributed by atoms with van der Waals surface area (Å²) in [5.41, 5.74) is 0.425. The Labute approximate surface area is 153 Å². The van der Waals surface area contributed by atoms with Crippen molar-refractivity contribution in [3.8, 4) is 0 Å². The number of nitrogens with zero attached hydrogens (tertiary/aromatic N) is 1. The minimum absolute atomic E-state index is 0.138. The Morgan fingerprint density at radius 3 is 2.81 bits per heavy atom. The Morgan fingerprint density at radius 1 is 1.23 bits per heavy atom. The fourth-order valence-electron chi connectivity index (χ4n) is 3.74. The van der Waals surface area contributed by atoms with Gasteiger partial charge < -0.3 is 20.9 Å². The van der Waals surface area contributed by atoms with Crippen LogP contribution in [0.3, 0.4) is 0 Å². The summed E-state index contributed by atoms with van der Waals surface area (Å²) in [5.74, 6) is 0.273. The first kappa shape index (κ1) is 18.6. The van der Waals surface area contributed by atoms with E-state index in [0.29, 0.717) is 18.8 Å². The predicted molar refractivity (Wildman–Crippen MR) is 98.3 cm³/mol. The summed E-state index contributed by atoms with van der Waals surface area (Å²) in [7, 11) is 0. The molecule has 1 aromatic rings. The molecule has 0 aliphatic carbocycles. The number of benzene rings is 1. The zero-order valence-corrected chi connectivity index (χ0v) is 15.0. The number of anilines is 1. The van der Waals surface area contributed by atoms with E-state index < -0.39 is 0 Å². The monoisotopic (exact) mass is 362 g/mol. The van der Waals surface area contributed by atoms with E-state index >= 15 is 0 Å². The maximum Gasteiger partial charge on any atom is 0.319 e. The average Bonchev–Trinajstić information content (AvgIpc) is 2.67. The minimum atomic E-state index is -0.387. The molecule has 0 radical (unpaired) electrons. The van der Waals surface area contributed by atoms with Crippen LogP contribution in [0.15, 0.2) is 24.3 Å². The van der Waals surface area contributed by atoms with Crippen LogP contribution in [0.25, 0.3) is 0 Å². The number of hydrogen-bond acceptors (Lipinski definition) is 3. The molecule has 3 rings (SSSR count). The Balaban J connectivity index is 1.44. The first-order chi connectivity index (χ1) is 12.6. The molecule has 6 nitrogen and oxygen atoms in total. The third kappa shape index (κ3) is 5.17. The third-order valence-electron chi connectivity index (χ3n) is 5.15. The SMILES string of the molecule is O=C(NCC1CCCN(C(=O)C2CCNCC2)C1)Nc1cccc(F)c1. The van der Waals surface area contributed by atoms with E-state index in [9.17, 15) is 14.0 Å². The number of nitrogens with one attached hydrogen (secondary N) is 3. The molecule has 2 heterocycles. The van der Waals surface area contributed by atoms with Crippen molar-refractivity contribution in [2.24, 2.45) is 11.8 Å². The number of likely N-dealkylation sites (tertiary alicyclic amines) is 1. The van der Waals surface area contributed by atoms with E-state index in [4.69, 9.17) is 0 Å². The molecule has 2 aliphatic heterocycles. The van der Waals surface area contributed by atoms with Gasteiger partial charge in [0.1, 0.15) is 5.82 Å². The molecule has 0 spiro atoms. The smallest absolute Gasteiger partial charge is 0.319 e. The van der Waals surface area contributed by atoms with Gasteiger partial charge in [-0.1, -0.05) is 6.07 Å². The Bertz CT molecular complexity index is 634. The van der Waals surface area contributed by atoms with Crippen molar-refractivity contribution in [3.05, 3.63) is 30.1 Å². The van der Waals surface area contributed by atoms with Crippen molar-refractivity contribution >= 4 is 17.6 Å². The summed E-state index contributed by atoms with van der Waals surface area (Å²) in [4.78, 5) is 26.6. The van der Waals surface area contributed by atoms with Crippen molar-refractivity contribution in [1.82, 2.24) is 15.5 Å². The fourth-order valence-corrected chi connectivity index (χ4v) is 3.74. The van der Waals surface area contributed by atoms with E-state index in [-0.39, 0.29) is 29.6 Å². The van der Waals surface area contributed by atoms with Gasteiger partial charge in [-0.05, 0) is 62.9 Å². The lowest BCUT2D eigenvalue weighted by molar-refractivity contribution is -0.138. The van der Waals surface area contributed by atoms with Crippen LogP contribution in [0.2, 0.25) is 0 Å². The number of rotatable bonds is 4. The number of carbonyl (C=O) groups excluding carboxylic acids is 2. The highest BCUT2D eigenvalue weighted by molar-refractivity contribution is 5.89. The van der Waals surface area contributed by atoms with Gasteiger partial charge in [-0.2, -0.15) is 0 Å². The second-order valence-electron chi connectivity index (χ2n) is 7.16. The van der Waals surface area contributed by atoms with Gasteiger partial charge in [0.2, 0.25) is 5.91 Å². The summed E-state index contributed by atoms with van der Waals surface area (Å²) in [6.07, 6.45) is 3.79. The molecule has 1 atom stereocenters. The van der Waals surface area contributed by atoms with Crippen LogP contribution in [0.5, 0.6) is 0 Å². The van der Waals surface area contributed by atoms with Crippen LogP contribution >= 0.6 is 0 Å². The van der Waals surface area contributed by atoms with E-state index in [1.807, 2.05) is 4.90 Å². The molecule has 0 aromatic heterocycles. The minimum Gasteiger partial charge on any atom is -0.342 e. The number of amides is 3. The van der Waals surface area contributed by atoms with Crippen LogP contribution in [0.1, 0.15) is 25.7 Å². The van der Waals surface area contributed by atoms with Gasteiger partial charge in [0.05, 0.1) is 0 Å². The summed E-state index contributed by atoms with van der Waals surface area (Å²) in [6.45, 7) is 3.85. The van der Waals surface area contributed by atoms with Crippen molar-refractivity contribution in [2.75, 3.05) is 38.0 Å². The Kier molecular flexibility index (Phi) is 6.44. The Hall–Kier alpha value is -2.15. The van der Waals surface area contributed by atoms with Gasteiger partial charge in [-0.15, -0.1) is 0 Å². The molecular formula is C19H27FN4O2. The molecule has 2 aliphatic rings. The number of halogens is 1. The predicted octanol–water partition coefficient (Wildman–Crippen LogP) is 2.19. The van der Waals surface area contributed by atoms with Crippen molar-refractivity contribution < 1.29 is 14.0 Å². The van der Waals surface area contributed by atoms with Crippen LogP contribution in [-0.2, 0) is 4.79 Å². The van der Waals surface area contributed by atoms with Gasteiger partial charge in [-0.3, -0.25) is 4.79 Å². The maximum absolute atomic E-state index is 13.2. The van der Waals surface area contributed by atoms with Gasteiger partial charge in [0.25, 0.3) is 0 Å². The average molecular weight is 362 g/mol. The van der Waals surface area contributed by atoms with Crippen LogP contribution < -0.4 is 16.0 Å². The van der Waals surface area contributed by atoms with Crippen molar-refractivity contribution in [2.45, 2.75) is 25.7 Å². The molecule has 3 N–H and O–H groups in total. The van der Waals surface area contributed by atoms with Gasteiger partial charge in [0.15, 0.2) is 0 Å². The molecule has 2 fully saturated rings. The van der Waals surface area contributed by atoms with Crippen molar-refractivity contribution in [1.29, 1.82) is 0 Å². The summed E-state index contributed by atoms with van der Waals surface area (Å²) < 4.78 is 13.2. The van der Waals surface area contributed by atoms with Crippen LogP contribution in [0.4, 0.5) is 14.9 Å². The molecule has 3 amide bonds. The second-order valence-corrected chi connectivity index (χ2v) is 7.16. The lowest BCUT2D eigenvalue weighted by atomic mass is 9.93. The second kappa shape index (κ2) is 8.98. The van der Waals surface area contributed by atoms with E-state index in [1.54, 1.807) is 12.1 Å². The molecule has 142 valence electrons. The molecule has 26 heavy (non-hydrogen) atoms. The highest BCUT2D eigenvalue weighted by atomic mass is 19.1. The van der Waals surface area contributed by atoms with Crippen LogP contribution in [0, 0.1) is 17.7 Å². The molecule has 1 aromatic carbocycles. The summed E-state index contributed by atoms with van der Waals surface area (Å²) >= 11 is 0. The highest BCUT2D eigenvalue weighted by Crippen LogP contribution is 2.21. The molecule has 7 heteroatoms. The summed E-state index contributed by atoms with van der Waals surface area (Å²) in [6, 6.07) is 5.45. The largest absolute Gasteiger partial charge is 0.342 e. The fraction of sp³-hybridized carbons (Fsp3) is 0.579. The molecule has 0 bridgehead atoms. The lowest BCUT2D eigenvalue weighted by Gasteiger charge is -2.36. The Morgan fingerprint density at radius 2 is 2.04 bits per heavy atom. The third-order valence-corrected chi connectivity index (χ3v) is 5.15. The standard InChI is InChI=1S/C19H27FN4O2/c20-16-4-1-5-17(11-16)23-19(26)22-12-14-3-2-10-24(13-14)18(25)15-6-8-21-9-7-15/h1,4-5,11,14-15,21H,2-3,6-10,12-13H2,(H2,22,23,26). The summed E-state index contributed by atoms with van der Waals surface area (Å²) in [5, 5.41) is 8.76. The highest BCUT2D eigenvalue weighted by Gasteiger charge is 2.29. The normalized spacial score (nSPS) is 21.3. The molecular weight excluding hydrogens is 335 g/mol. The topological polar surface area (TPSA) is 73.5 Å². The molecule has 0 saturated carbocycles. The van der Waals surface area contributed by atoms with Gasteiger partial charge in [0, 0.05) is 31.2 Å². The molecule has 2 saturated heterocycles. The zero-order valence-electron chi connectivity index (χ0n) is 15.0. The van der Waals surface area contributed by atoms with Gasteiger partial charge >= 0.3 is 6.03 Å². The number of piperidine rings is 2. The van der Waals surface area contributed by atoms with E-state index in [0.717, 1.165) is 45.3 Å². The molecule has 1 unspecified atom stereocenters. The van der Waals surface area contributed by atoms with E-state index in [2.05, 4.69) is 16.0 Å². The van der Waals surface area contributed by atoms with Gasteiger partial charge in [-0.25, -0.2) is 9.18 Å². The number of carbonyl (C=O) groups is 2. The zero-order chi connectivity index (χ0) is 18.4. The number of urea groups is 1. The number of hydrogen-bond donors (Lipinski definition) is 3. The quantitative estimate of drug-likeness (QED) is 0.769. The first-order valence-electron chi connectivity index (χ1n) is 9.42. The first-order valence-corrected chi connectivity index (χ1v) is 9.42. The maximum atomic E-state index is 13.2.